The number of aliphatic imine (C=N–C) groups is 1. The number of piperidine rings is 1. The van der Waals surface area contributed by atoms with E-state index < -0.39 is 0 Å². The Hall–Kier alpha value is -1.75. The molecule has 0 atom stereocenters. The average Bonchev–Trinajstić information content (AvgIpc) is 2.67. The highest BCUT2D eigenvalue weighted by molar-refractivity contribution is 5.79. The fraction of sp³-hybridized carbons (Fsp3) is 0.650. The maximum Gasteiger partial charge on any atom is 0.191 e. The van der Waals surface area contributed by atoms with Crippen LogP contribution in [0.15, 0.2) is 35.3 Å². The van der Waals surface area contributed by atoms with Crippen molar-refractivity contribution in [2.75, 3.05) is 46.4 Å². The Bertz CT molecular complexity index is 472. The highest BCUT2D eigenvalue weighted by Crippen LogP contribution is 2.09. The summed E-state index contributed by atoms with van der Waals surface area (Å²) < 4.78 is 5.67. The molecule has 2 rings (SSSR count). The van der Waals surface area contributed by atoms with Gasteiger partial charge in [-0.1, -0.05) is 31.0 Å². The van der Waals surface area contributed by atoms with E-state index in [9.17, 15) is 0 Å². The maximum atomic E-state index is 5.67. The van der Waals surface area contributed by atoms with Crippen molar-refractivity contribution < 1.29 is 4.74 Å². The Morgan fingerprint density at radius 3 is 2.52 bits per heavy atom. The summed E-state index contributed by atoms with van der Waals surface area (Å²) >= 11 is 0. The van der Waals surface area contributed by atoms with Gasteiger partial charge in [0.1, 0.15) is 12.4 Å². The summed E-state index contributed by atoms with van der Waals surface area (Å²) in [5.74, 6) is 1.76. The van der Waals surface area contributed by atoms with E-state index in [-0.39, 0.29) is 0 Å². The van der Waals surface area contributed by atoms with Crippen LogP contribution >= 0.6 is 0 Å². The SMILES string of the molecule is CN=C(NCCCCCN1CCCCC1)NCCOc1ccccc1. The third-order valence-electron chi connectivity index (χ3n) is 4.52. The molecule has 0 amide bonds. The van der Waals surface area contributed by atoms with Crippen LogP contribution in [0, 0.1) is 0 Å². The molecular formula is C20H34N4O. The van der Waals surface area contributed by atoms with Gasteiger partial charge in [-0.3, -0.25) is 4.99 Å². The monoisotopic (exact) mass is 346 g/mol. The third-order valence-corrected chi connectivity index (χ3v) is 4.52. The molecule has 1 aromatic rings. The largest absolute Gasteiger partial charge is 0.492 e. The van der Waals surface area contributed by atoms with Gasteiger partial charge >= 0.3 is 0 Å². The minimum Gasteiger partial charge on any atom is -0.492 e. The van der Waals surface area contributed by atoms with E-state index >= 15 is 0 Å². The van der Waals surface area contributed by atoms with Gasteiger partial charge in [-0.05, 0) is 57.5 Å². The molecule has 2 N–H and O–H groups in total. The van der Waals surface area contributed by atoms with Gasteiger partial charge in [0.2, 0.25) is 0 Å². The third kappa shape index (κ3) is 8.77. The van der Waals surface area contributed by atoms with E-state index in [0.29, 0.717) is 6.61 Å². The summed E-state index contributed by atoms with van der Waals surface area (Å²) in [6, 6.07) is 9.89. The average molecular weight is 347 g/mol. The number of nitrogens with one attached hydrogen (secondary N) is 2. The van der Waals surface area contributed by atoms with Crippen LogP contribution in [0.25, 0.3) is 0 Å². The molecule has 5 nitrogen and oxygen atoms in total. The Balaban J connectivity index is 1.44. The summed E-state index contributed by atoms with van der Waals surface area (Å²) in [6.45, 7) is 6.22. The second-order valence-corrected chi connectivity index (χ2v) is 6.55. The molecule has 0 bridgehead atoms. The molecule has 0 spiro atoms. The number of para-hydroxylation sites is 1. The number of ether oxygens (including phenoxy) is 1. The zero-order valence-corrected chi connectivity index (χ0v) is 15.7. The second-order valence-electron chi connectivity index (χ2n) is 6.55. The maximum absolute atomic E-state index is 5.67. The van der Waals surface area contributed by atoms with Crippen LogP contribution in [-0.2, 0) is 0 Å². The lowest BCUT2D eigenvalue weighted by Crippen LogP contribution is -2.39. The second kappa shape index (κ2) is 12.6. The molecule has 140 valence electrons. The molecule has 1 aliphatic rings. The number of unbranched alkanes of at least 4 members (excludes halogenated alkanes) is 2. The van der Waals surface area contributed by atoms with Gasteiger partial charge in [0.25, 0.3) is 0 Å². The van der Waals surface area contributed by atoms with Gasteiger partial charge in [-0.2, -0.15) is 0 Å². The Labute approximate surface area is 152 Å². The van der Waals surface area contributed by atoms with E-state index in [0.717, 1.165) is 24.8 Å². The van der Waals surface area contributed by atoms with Gasteiger partial charge in [-0.25, -0.2) is 0 Å². The molecule has 1 heterocycles. The van der Waals surface area contributed by atoms with E-state index in [1.165, 1.54) is 58.2 Å². The van der Waals surface area contributed by atoms with E-state index in [2.05, 4.69) is 20.5 Å². The lowest BCUT2D eigenvalue weighted by molar-refractivity contribution is 0.224. The van der Waals surface area contributed by atoms with Gasteiger partial charge in [-0.15, -0.1) is 0 Å². The number of rotatable bonds is 10. The summed E-state index contributed by atoms with van der Waals surface area (Å²) in [7, 11) is 1.81. The smallest absolute Gasteiger partial charge is 0.191 e. The van der Waals surface area contributed by atoms with Crippen LogP contribution in [0.3, 0.4) is 0 Å². The first-order valence-electron chi connectivity index (χ1n) is 9.73. The van der Waals surface area contributed by atoms with Crippen LogP contribution in [0.1, 0.15) is 38.5 Å². The molecule has 25 heavy (non-hydrogen) atoms. The van der Waals surface area contributed by atoms with Crippen molar-refractivity contribution in [1.82, 2.24) is 15.5 Å². The molecular weight excluding hydrogens is 312 g/mol. The topological polar surface area (TPSA) is 48.9 Å². The van der Waals surface area contributed by atoms with Crippen LogP contribution in [0.2, 0.25) is 0 Å². The van der Waals surface area contributed by atoms with Crippen LogP contribution in [0.4, 0.5) is 0 Å². The number of likely N-dealkylation sites (tertiary alicyclic amines) is 1. The molecule has 1 saturated heterocycles. The Morgan fingerprint density at radius 2 is 1.76 bits per heavy atom. The van der Waals surface area contributed by atoms with Crippen molar-refractivity contribution in [3.63, 3.8) is 0 Å². The van der Waals surface area contributed by atoms with Crippen molar-refractivity contribution in [3.8, 4) is 5.75 Å². The first-order valence-corrected chi connectivity index (χ1v) is 9.73. The fourth-order valence-corrected chi connectivity index (χ4v) is 3.10. The van der Waals surface area contributed by atoms with Gasteiger partial charge in [0, 0.05) is 13.6 Å². The lowest BCUT2D eigenvalue weighted by atomic mass is 10.1. The van der Waals surface area contributed by atoms with Crippen molar-refractivity contribution in [2.45, 2.75) is 38.5 Å². The minimum absolute atomic E-state index is 0.626. The van der Waals surface area contributed by atoms with Crippen LogP contribution in [-0.4, -0.2) is 57.2 Å². The van der Waals surface area contributed by atoms with Crippen LogP contribution < -0.4 is 15.4 Å². The first-order chi connectivity index (χ1) is 12.4. The van der Waals surface area contributed by atoms with Crippen molar-refractivity contribution in [1.29, 1.82) is 0 Å². The number of hydrogen-bond donors (Lipinski definition) is 2. The molecule has 0 aliphatic carbocycles. The standard InChI is InChI=1S/C20H34N4O/c1-21-20(23-14-18-25-19-11-5-2-6-12-19)22-13-7-3-8-15-24-16-9-4-10-17-24/h2,5-6,11-12H,3-4,7-10,13-18H2,1H3,(H2,21,22,23). The summed E-state index contributed by atoms with van der Waals surface area (Å²) in [5, 5.41) is 6.66. The van der Waals surface area contributed by atoms with Crippen molar-refractivity contribution >= 4 is 5.96 Å². The fourth-order valence-electron chi connectivity index (χ4n) is 3.10. The highest BCUT2D eigenvalue weighted by Gasteiger charge is 2.08. The number of benzene rings is 1. The summed E-state index contributed by atoms with van der Waals surface area (Å²) in [5.41, 5.74) is 0. The molecule has 5 heteroatoms. The molecule has 1 aromatic carbocycles. The molecule has 0 unspecified atom stereocenters. The first kappa shape index (κ1) is 19.6. The molecule has 0 aromatic heterocycles. The summed E-state index contributed by atoms with van der Waals surface area (Å²) in [6.07, 6.45) is 7.96. The predicted molar refractivity (Wildman–Crippen MR) is 105 cm³/mol. The van der Waals surface area contributed by atoms with Crippen molar-refractivity contribution in [3.05, 3.63) is 30.3 Å². The van der Waals surface area contributed by atoms with Gasteiger partial charge in [0.05, 0.1) is 6.54 Å². The van der Waals surface area contributed by atoms with Gasteiger partial charge < -0.3 is 20.3 Å². The molecule has 1 fully saturated rings. The molecule has 0 radical (unpaired) electrons. The lowest BCUT2D eigenvalue weighted by Gasteiger charge is -2.26. The zero-order chi connectivity index (χ0) is 17.6. The summed E-state index contributed by atoms with van der Waals surface area (Å²) in [4.78, 5) is 6.87. The molecule has 0 saturated carbocycles. The van der Waals surface area contributed by atoms with Gasteiger partial charge in [0.15, 0.2) is 5.96 Å². The highest BCUT2D eigenvalue weighted by atomic mass is 16.5. The number of hydrogen-bond acceptors (Lipinski definition) is 3. The quantitative estimate of drug-likeness (QED) is 0.389. The Morgan fingerprint density at radius 1 is 1.00 bits per heavy atom. The van der Waals surface area contributed by atoms with Crippen molar-refractivity contribution in [2.24, 2.45) is 4.99 Å². The van der Waals surface area contributed by atoms with Crippen LogP contribution in [0.5, 0.6) is 5.75 Å². The normalized spacial score (nSPS) is 15.8. The zero-order valence-electron chi connectivity index (χ0n) is 15.7. The number of nitrogens with zero attached hydrogens (tertiary/aromatic N) is 2. The predicted octanol–water partition coefficient (Wildman–Crippen LogP) is 2.89. The number of guanidine groups is 1. The van der Waals surface area contributed by atoms with E-state index in [1.54, 1.807) is 0 Å². The minimum atomic E-state index is 0.626. The molecule has 1 aliphatic heterocycles. The van der Waals surface area contributed by atoms with E-state index in [4.69, 9.17) is 4.74 Å². The van der Waals surface area contributed by atoms with E-state index in [1.807, 2.05) is 37.4 Å². The Kier molecular flexibility index (Phi) is 9.86.